The van der Waals surface area contributed by atoms with Crippen LogP contribution in [0.2, 0.25) is 9.36 Å². The molecule has 0 spiro atoms. The van der Waals surface area contributed by atoms with E-state index < -0.39 is 0 Å². The number of imidazole rings is 1. The van der Waals surface area contributed by atoms with Crippen LogP contribution in [0.15, 0.2) is 17.8 Å². The first kappa shape index (κ1) is 17.1. The van der Waals surface area contributed by atoms with Crippen molar-refractivity contribution < 1.29 is 0 Å². The normalized spacial score (nSPS) is 19.5. The number of hydrogen-bond donors (Lipinski definition) is 1. The van der Waals surface area contributed by atoms with E-state index in [9.17, 15) is 0 Å². The summed E-state index contributed by atoms with van der Waals surface area (Å²) in [4.78, 5) is 6.89. The van der Waals surface area contributed by atoms with Crippen LogP contribution >= 0.6 is 46.9 Å². The lowest BCUT2D eigenvalue weighted by Gasteiger charge is -2.35. The van der Waals surface area contributed by atoms with Gasteiger partial charge in [-0.05, 0) is 10.9 Å². The first-order valence-electron chi connectivity index (χ1n) is 6.50. The number of aryl methyl sites for hydroxylation is 1. The molecule has 2 aromatic rings. The lowest BCUT2D eigenvalue weighted by atomic mass is 10.1. The van der Waals surface area contributed by atoms with E-state index >= 15 is 0 Å². The van der Waals surface area contributed by atoms with Gasteiger partial charge in [-0.2, -0.15) is 0 Å². The minimum absolute atomic E-state index is 0. The molecule has 1 saturated heterocycles. The highest BCUT2D eigenvalue weighted by Crippen LogP contribution is 2.34. The van der Waals surface area contributed by atoms with Gasteiger partial charge in [-0.3, -0.25) is 4.90 Å². The third kappa shape index (κ3) is 3.55. The Labute approximate surface area is 144 Å². The van der Waals surface area contributed by atoms with E-state index in [1.54, 1.807) is 0 Å². The van der Waals surface area contributed by atoms with Gasteiger partial charge in [0.2, 0.25) is 0 Å². The molecule has 0 amide bonds. The Balaban J connectivity index is 0.00000161. The predicted octanol–water partition coefficient (Wildman–Crippen LogP) is 3.36. The van der Waals surface area contributed by atoms with Crippen LogP contribution in [0.1, 0.15) is 17.4 Å². The molecule has 3 rings (SSSR count). The van der Waals surface area contributed by atoms with Gasteiger partial charge in [-0.1, -0.05) is 23.2 Å². The SMILES string of the molecule is Cl.Cn1ccnc1C1CNCCN1Cc1csc(Cl)c1Cl. The highest BCUT2D eigenvalue weighted by Gasteiger charge is 2.27. The maximum atomic E-state index is 6.25. The largest absolute Gasteiger partial charge is 0.337 e. The fourth-order valence-corrected chi connectivity index (χ4v) is 3.81. The minimum Gasteiger partial charge on any atom is -0.337 e. The van der Waals surface area contributed by atoms with Gasteiger partial charge in [0.15, 0.2) is 0 Å². The van der Waals surface area contributed by atoms with Crippen LogP contribution in [-0.4, -0.2) is 34.1 Å². The van der Waals surface area contributed by atoms with Crippen LogP contribution in [0.4, 0.5) is 0 Å². The van der Waals surface area contributed by atoms with E-state index in [1.165, 1.54) is 11.3 Å². The zero-order valence-corrected chi connectivity index (χ0v) is 14.7. The molecule has 1 atom stereocenters. The summed E-state index contributed by atoms with van der Waals surface area (Å²) in [6.45, 7) is 3.67. The fourth-order valence-electron chi connectivity index (χ4n) is 2.57. The average Bonchev–Trinajstić information content (AvgIpc) is 3.00. The second-order valence-electron chi connectivity index (χ2n) is 4.94. The Morgan fingerprint density at radius 1 is 1.48 bits per heavy atom. The van der Waals surface area contributed by atoms with E-state index in [-0.39, 0.29) is 18.4 Å². The molecule has 2 aromatic heterocycles. The van der Waals surface area contributed by atoms with Gasteiger partial charge in [-0.25, -0.2) is 4.98 Å². The Hall–Kier alpha value is -0.300. The number of thiophene rings is 1. The molecule has 1 N–H and O–H groups in total. The maximum Gasteiger partial charge on any atom is 0.127 e. The lowest BCUT2D eigenvalue weighted by Crippen LogP contribution is -2.46. The maximum absolute atomic E-state index is 6.25. The van der Waals surface area contributed by atoms with Crippen molar-refractivity contribution in [3.8, 4) is 0 Å². The van der Waals surface area contributed by atoms with Crippen molar-refractivity contribution in [1.82, 2.24) is 19.8 Å². The number of halogens is 3. The van der Waals surface area contributed by atoms with Crippen LogP contribution in [-0.2, 0) is 13.6 Å². The topological polar surface area (TPSA) is 33.1 Å². The number of piperazine rings is 1. The van der Waals surface area contributed by atoms with E-state index in [2.05, 4.69) is 19.8 Å². The predicted molar refractivity (Wildman–Crippen MR) is 90.8 cm³/mol. The quantitative estimate of drug-likeness (QED) is 0.903. The van der Waals surface area contributed by atoms with Crippen molar-refractivity contribution in [3.05, 3.63) is 38.5 Å². The monoisotopic (exact) mass is 366 g/mol. The van der Waals surface area contributed by atoms with Crippen LogP contribution in [0.25, 0.3) is 0 Å². The van der Waals surface area contributed by atoms with Gasteiger partial charge in [-0.15, -0.1) is 23.7 Å². The first-order valence-corrected chi connectivity index (χ1v) is 8.13. The Morgan fingerprint density at radius 3 is 2.90 bits per heavy atom. The number of hydrogen-bond acceptors (Lipinski definition) is 4. The van der Waals surface area contributed by atoms with Gasteiger partial charge in [0, 0.05) is 45.6 Å². The summed E-state index contributed by atoms with van der Waals surface area (Å²) in [5.74, 6) is 1.08. The van der Waals surface area contributed by atoms with Gasteiger partial charge < -0.3 is 9.88 Å². The van der Waals surface area contributed by atoms with Gasteiger partial charge >= 0.3 is 0 Å². The Morgan fingerprint density at radius 2 is 2.29 bits per heavy atom. The van der Waals surface area contributed by atoms with Crippen LogP contribution < -0.4 is 5.32 Å². The fraction of sp³-hybridized carbons (Fsp3) is 0.462. The van der Waals surface area contributed by atoms with Crippen molar-refractivity contribution in [3.63, 3.8) is 0 Å². The van der Waals surface area contributed by atoms with Crippen molar-refractivity contribution in [2.45, 2.75) is 12.6 Å². The van der Waals surface area contributed by atoms with Crippen LogP contribution in [0.5, 0.6) is 0 Å². The third-order valence-electron chi connectivity index (χ3n) is 3.64. The summed E-state index contributed by atoms with van der Waals surface area (Å²) in [5.41, 5.74) is 1.10. The molecule has 116 valence electrons. The summed E-state index contributed by atoms with van der Waals surface area (Å²) in [5, 5.41) is 6.17. The minimum atomic E-state index is 0. The van der Waals surface area contributed by atoms with Crippen molar-refractivity contribution in [2.75, 3.05) is 19.6 Å². The summed E-state index contributed by atoms with van der Waals surface area (Å²) in [7, 11) is 2.03. The highest BCUT2D eigenvalue weighted by atomic mass is 35.5. The van der Waals surface area contributed by atoms with Crippen molar-refractivity contribution in [2.24, 2.45) is 7.05 Å². The molecule has 1 aliphatic heterocycles. The first-order chi connectivity index (χ1) is 9.66. The molecule has 0 saturated carbocycles. The molecule has 3 heterocycles. The van der Waals surface area contributed by atoms with E-state index in [1.807, 2.05) is 24.8 Å². The molecule has 1 fully saturated rings. The molecular weight excluding hydrogens is 351 g/mol. The summed E-state index contributed by atoms with van der Waals surface area (Å²) < 4.78 is 2.75. The molecule has 0 aliphatic carbocycles. The molecule has 1 aliphatic rings. The molecule has 8 heteroatoms. The van der Waals surface area contributed by atoms with E-state index in [0.717, 1.165) is 37.6 Å². The van der Waals surface area contributed by atoms with Crippen molar-refractivity contribution >= 4 is 46.9 Å². The summed E-state index contributed by atoms with van der Waals surface area (Å²) in [6.07, 6.45) is 3.83. The average molecular weight is 368 g/mol. The van der Waals surface area contributed by atoms with E-state index in [4.69, 9.17) is 23.2 Å². The van der Waals surface area contributed by atoms with Gasteiger partial charge in [0.25, 0.3) is 0 Å². The standard InChI is InChI=1S/C13H16Cl2N4S.ClH/c1-18-4-3-17-13(18)10-6-16-2-5-19(10)7-9-8-20-12(15)11(9)14;/h3-4,8,10,16H,2,5-7H2,1H3;1H. The zero-order valence-electron chi connectivity index (χ0n) is 11.6. The van der Waals surface area contributed by atoms with Gasteiger partial charge in [0.05, 0.1) is 11.1 Å². The number of nitrogens with zero attached hydrogens (tertiary/aromatic N) is 3. The Kier molecular flexibility index (Phi) is 5.94. The Bertz CT molecular complexity index is 598. The molecular formula is C13H17Cl3N4S. The molecule has 0 bridgehead atoms. The third-order valence-corrected chi connectivity index (χ3v) is 5.55. The van der Waals surface area contributed by atoms with Crippen LogP contribution in [0.3, 0.4) is 0 Å². The second kappa shape index (κ2) is 7.31. The summed E-state index contributed by atoms with van der Waals surface area (Å²) in [6, 6.07) is 0.262. The number of nitrogens with one attached hydrogen (secondary N) is 1. The smallest absolute Gasteiger partial charge is 0.127 e. The molecule has 4 nitrogen and oxygen atoms in total. The molecule has 0 aromatic carbocycles. The van der Waals surface area contributed by atoms with Crippen molar-refractivity contribution in [1.29, 1.82) is 0 Å². The zero-order chi connectivity index (χ0) is 14.1. The molecule has 1 unspecified atom stereocenters. The highest BCUT2D eigenvalue weighted by molar-refractivity contribution is 7.15. The van der Waals surface area contributed by atoms with E-state index in [0.29, 0.717) is 9.36 Å². The molecule has 0 radical (unpaired) electrons. The van der Waals surface area contributed by atoms with Gasteiger partial charge in [0.1, 0.15) is 10.2 Å². The lowest BCUT2D eigenvalue weighted by molar-refractivity contribution is 0.145. The summed E-state index contributed by atoms with van der Waals surface area (Å²) >= 11 is 13.8. The number of rotatable bonds is 3. The second-order valence-corrected chi connectivity index (χ2v) is 6.80. The number of aromatic nitrogens is 2. The van der Waals surface area contributed by atoms with Crippen LogP contribution in [0, 0.1) is 0 Å². The molecule has 21 heavy (non-hydrogen) atoms.